The number of nitrogens with zero attached hydrogens (tertiary/aromatic N) is 4. The van der Waals surface area contributed by atoms with Crippen molar-refractivity contribution in [3.63, 3.8) is 0 Å². The Kier molecular flexibility index (Phi) is 4.77. The summed E-state index contributed by atoms with van der Waals surface area (Å²) in [5.74, 6) is 0.842. The van der Waals surface area contributed by atoms with Gasteiger partial charge in [-0.25, -0.2) is 9.97 Å². The van der Waals surface area contributed by atoms with Crippen molar-refractivity contribution in [1.82, 2.24) is 18.9 Å². The number of fused-ring (bicyclic) bond motifs is 8. The lowest BCUT2D eigenvalue weighted by molar-refractivity contribution is 1.08. The van der Waals surface area contributed by atoms with Gasteiger partial charge in [0.15, 0.2) is 5.82 Å². The molecule has 7 aromatic carbocycles. The van der Waals surface area contributed by atoms with E-state index in [-0.39, 0.29) is 0 Å². The van der Waals surface area contributed by atoms with E-state index >= 15 is 0 Å². The van der Waals surface area contributed by atoms with E-state index in [9.17, 15) is 0 Å². The lowest BCUT2D eigenvalue weighted by Crippen LogP contribution is -2.11. The lowest BCUT2D eigenvalue weighted by Gasteiger charge is -2.16. The Labute approximate surface area is 269 Å². The summed E-state index contributed by atoms with van der Waals surface area (Å²) >= 11 is 0. The van der Waals surface area contributed by atoms with Crippen molar-refractivity contribution in [2.75, 3.05) is 0 Å². The molecule has 4 aromatic heterocycles. The maximum atomic E-state index is 5.58. The minimum Gasteiger partial charge on any atom is -0.308 e. The summed E-state index contributed by atoms with van der Waals surface area (Å²) in [6.45, 7) is 0. The minimum absolute atomic E-state index is 0.842. The molecule has 5 heteroatoms. The van der Waals surface area contributed by atoms with Crippen molar-refractivity contribution in [2.45, 2.75) is 0 Å². The normalized spacial score (nSPS) is 12.3. The molecule has 0 spiro atoms. The minimum atomic E-state index is 0.842. The average Bonchev–Trinajstić information content (AvgIpc) is 3.62. The zero-order valence-electron chi connectivity index (χ0n) is 25.6. The summed E-state index contributed by atoms with van der Waals surface area (Å²) in [6.07, 6.45) is 0. The second-order valence-electron chi connectivity index (χ2n) is 12.6. The molecule has 0 amide bonds. The second-order valence-corrected chi connectivity index (χ2v) is 12.6. The third-order valence-electron chi connectivity index (χ3n) is 10.1. The Balaban J connectivity index is 1.42. The number of aromatic nitrogens is 4. The molecule has 4 heterocycles. The molecule has 0 aliphatic carbocycles. The quantitative estimate of drug-likeness (QED) is 0.148. The summed E-state index contributed by atoms with van der Waals surface area (Å²) < 4.78 is 4.87. The SMILES string of the molecule is Bc1ccc2c3cccc4c5ccccc5n(c5cccc6c5c2c1n6-c1nc2c(ccc5ccccc52)nc1-c1ccccc1)c34. The molecule has 0 atom stereocenters. The second kappa shape index (κ2) is 8.96. The fraction of sp³-hybridized carbons (Fsp3) is 0. The Hall–Kier alpha value is -6.20. The van der Waals surface area contributed by atoms with Crippen LogP contribution in [0.5, 0.6) is 0 Å². The standard InChI is InChI=1S/C42H25BN4/c43-31-22-21-28-30-16-8-15-29-27-14-6-7-17-33(27)46(40(29)30)34-18-9-19-35-37(34)36(28)41(31)47(35)42-38(25-11-2-1-3-12-25)44-32-23-20-24-10-4-5-13-26(24)39(32)45-42/h1-23H,43H2. The Morgan fingerprint density at radius 1 is 0.468 bits per heavy atom. The smallest absolute Gasteiger partial charge is 0.165 e. The zero-order chi connectivity index (χ0) is 30.8. The molecule has 47 heavy (non-hydrogen) atoms. The molecule has 0 saturated heterocycles. The van der Waals surface area contributed by atoms with Gasteiger partial charge >= 0.3 is 0 Å². The highest BCUT2D eigenvalue weighted by atomic mass is 15.1. The van der Waals surface area contributed by atoms with Crippen LogP contribution >= 0.6 is 0 Å². The first-order valence-electron chi connectivity index (χ1n) is 16.1. The van der Waals surface area contributed by atoms with Gasteiger partial charge in [-0.3, -0.25) is 4.57 Å². The van der Waals surface area contributed by atoms with E-state index in [1.165, 1.54) is 59.8 Å². The first-order valence-corrected chi connectivity index (χ1v) is 16.1. The van der Waals surface area contributed by atoms with Gasteiger partial charge in [0.2, 0.25) is 0 Å². The third-order valence-corrected chi connectivity index (χ3v) is 10.1. The molecule has 0 bridgehead atoms. The van der Waals surface area contributed by atoms with Crippen molar-refractivity contribution in [3.8, 4) is 17.1 Å². The predicted octanol–water partition coefficient (Wildman–Crippen LogP) is 8.96. The van der Waals surface area contributed by atoms with E-state index in [2.05, 4.69) is 156 Å². The average molecular weight is 597 g/mol. The number of rotatable bonds is 2. The van der Waals surface area contributed by atoms with Gasteiger partial charge in [0, 0.05) is 43.4 Å². The molecule has 0 saturated carbocycles. The highest BCUT2D eigenvalue weighted by molar-refractivity contribution is 6.43. The molecule has 216 valence electrons. The highest BCUT2D eigenvalue weighted by Crippen LogP contribution is 2.44. The molecule has 0 fully saturated rings. The van der Waals surface area contributed by atoms with Crippen LogP contribution in [-0.4, -0.2) is 26.8 Å². The van der Waals surface area contributed by atoms with Gasteiger partial charge in [-0.05, 0) is 35.0 Å². The summed E-state index contributed by atoms with van der Waals surface area (Å²) in [4.78, 5) is 11.0. The molecule has 0 N–H and O–H groups in total. The van der Waals surface area contributed by atoms with E-state index in [1.807, 2.05) is 0 Å². The fourth-order valence-electron chi connectivity index (χ4n) is 8.17. The van der Waals surface area contributed by atoms with Crippen LogP contribution in [0.2, 0.25) is 0 Å². The Morgan fingerprint density at radius 2 is 1.17 bits per heavy atom. The third kappa shape index (κ3) is 3.18. The first kappa shape index (κ1) is 25.0. The van der Waals surface area contributed by atoms with E-state index in [0.29, 0.717) is 0 Å². The van der Waals surface area contributed by atoms with Crippen LogP contribution in [-0.2, 0) is 0 Å². The van der Waals surface area contributed by atoms with Crippen LogP contribution in [0.15, 0.2) is 140 Å². The topological polar surface area (TPSA) is 35.1 Å². The van der Waals surface area contributed by atoms with Gasteiger partial charge in [-0.15, -0.1) is 0 Å². The van der Waals surface area contributed by atoms with Crippen LogP contribution in [0.25, 0.3) is 98.8 Å². The Morgan fingerprint density at radius 3 is 2.06 bits per heavy atom. The number of benzene rings is 7. The summed E-state index contributed by atoms with van der Waals surface area (Å²) in [6, 6.07) is 50.1. The van der Waals surface area contributed by atoms with Crippen molar-refractivity contribution in [1.29, 1.82) is 0 Å². The number of hydrogen-bond acceptors (Lipinski definition) is 2. The van der Waals surface area contributed by atoms with Gasteiger partial charge in [0.25, 0.3) is 0 Å². The summed E-state index contributed by atoms with van der Waals surface area (Å²) in [5.41, 5.74) is 10.9. The molecule has 0 aliphatic rings. The van der Waals surface area contributed by atoms with E-state index < -0.39 is 0 Å². The van der Waals surface area contributed by atoms with E-state index in [4.69, 9.17) is 9.97 Å². The monoisotopic (exact) mass is 596 g/mol. The first-order chi connectivity index (χ1) is 23.3. The van der Waals surface area contributed by atoms with Crippen molar-refractivity contribution < 1.29 is 0 Å². The van der Waals surface area contributed by atoms with Crippen molar-refractivity contribution in [2.24, 2.45) is 0 Å². The van der Waals surface area contributed by atoms with Crippen molar-refractivity contribution >= 4 is 95.0 Å². The van der Waals surface area contributed by atoms with Gasteiger partial charge < -0.3 is 4.40 Å². The molecule has 0 radical (unpaired) electrons. The number of para-hydroxylation sites is 2. The van der Waals surface area contributed by atoms with Crippen LogP contribution in [0.4, 0.5) is 0 Å². The van der Waals surface area contributed by atoms with Gasteiger partial charge in [-0.1, -0.05) is 121 Å². The molecule has 0 unspecified atom stereocenters. The highest BCUT2D eigenvalue weighted by Gasteiger charge is 2.25. The Bertz CT molecular complexity index is 3080. The number of hydrogen-bond donors (Lipinski definition) is 0. The summed E-state index contributed by atoms with van der Waals surface area (Å²) in [7, 11) is 2.22. The molecule has 11 rings (SSSR count). The zero-order valence-corrected chi connectivity index (χ0v) is 25.6. The van der Waals surface area contributed by atoms with Crippen LogP contribution in [0, 0.1) is 0 Å². The largest absolute Gasteiger partial charge is 0.308 e. The molecular formula is C42H25BN4. The predicted molar refractivity (Wildman–Crippen MR) is 200 cm³/mol. The fourth-order valence-corrected chi connectivity index (χ4v) is 8.17. The van der Waals surface area contributed by atoms with Crippen molar-refractivity contribution in [3.05, 3.63) is 140 Å². The molecule has 11 aromatic rings. The van der Waals surface area contributed by atoms with Crippen LogP contribution < -0.4 is 5.46 Å². The summed E-state index contributed by atoms with van der Waals surface area (Å²) in [5, 5.41) is 9.80. The van der Waals surface area contributed by atoms with Gasteiger partial charge in [0.1, 0.15) is 13.5 Å². The van der Waals surface area contributed by atoms with Crippen LogP contribution in [0.1, 0.15) is 0 Å². The van der Waals surface area contributed by atoms with E-state index in [0.717, 1.165) is 44.4 Å². The molecular weight excluding hydrogens is 571 g/mol. The van der Waals surface area contributed by atoms with E-state index in [1.54, 1.807) is 0 Å². The maximum absolute atomic E-state index is 5.58. The maximum Gasteiger partial charge on any atom is 0.165 e. The molecule has 0 aliphatic heterocycles. The van der Waals surface area contributed by atoms with Crippen LogP contribution in [0.3, 0.4) is 0 Å². The van der Waals surface area contributed by atoms with Gasteiger partial charge in [0.05, 0.1) is 33.1 Å². The van der Waals surface area contributed by atoms with Gasteiger partial charge in [-0.2, -0.15) is 0 Å². The molecule has 4 nitrogen and oxygen atoms in total. The lowest BCUT2D eigenvalue weighted by atomic mass is 9.91.